The van der Waals surface area contributed by atoms with E-state index in [0.717, 1.165) is 24.8 Å². The van der Waals surface area contributed by atoms with Crippen molar-refractivity contribution >= 4 is 5.91 Å². The molecule has 1 amide bonds. The molecule has 1 aromatic carbocycles. The van der Waals surface area contributed by atoms with Crippen LogP contribution in [0.3, 0.4) is 0 Å². The number of aromatic nitrogens is 3. The predicted octanol–water partition coefficient (Wildman–Crippen LogP) is 1.85. The van der Waals surface area contributed by atoms with E-state index in [1.165, 1.54) is 23.0 Å². The molecule has 0 atom stereocenters. The molecule has 1 aliphatic carbocycles. The van der Waals surface area contributed by atoms with Gasteiger partial charge in [-0.3, -0.25) is 4.79 Å². The second kappa shape index (κ2) is 5.27. The zero-order valence-electron chi connectivity index (χ0n) is 11.8. The molecule has 6 heteroatoms. The van der Waals surface area contributed by atoms with E-state index in [-0.39, 0.29) is 17.3 Å². The highest BCUT2D eigenvalue weighted by Gasteiger charge is 2.39. The molecule has 2 aromatic rings. The van der Waals surface area contributed by atoms with Gasteiger partial charge in [0.2, 0.25) is 0 Å². The Morgan fingerprint density at radius 3 is 2.86 bits per heavy atom. The monoisotopic (exact) mass is 288 g/mol. The summed E-state index contributed by atoms with van der Waals surface area (Å²) < 4.78 is 14.7. The smallest absolute Gasteiger partial charge is 0.271 e. The van der Waals surface area contributed by atoms with Crippen molar-refractivity contribution in [1.29, 1.82) is 0 Å². The first-order valence-electron chi connectivity index (χ1n) is 7.00. The fourth-order valence-electron chi connectivity index (χ4n) is 2.79. The molecule has 1 saturated carbocycles. The molecule has 0 saturated heterocycles. The summed E-state index contributed by atoms with van der Waals surface area (Å²) in [6, 6.07) is 6.54. The lowest BCUT2D eigenvalue weighted by Crippen LogP contribution is -2.55. The number of hydrogen-bond acceptors (Lipinski definition) is 3. The normalized spacial score (nSPS) is 16.3. The molecule has 110 valence electrons. The highest BCUT2D eigenvalue weighted by Crippen LogP contribution is 2.35. The van der Waals surface area contributed by atoms with Gasteiger partial charge in [-0.1, -0.05) is 17.3 Å². The molecule has 1 N–H and O–H groups in total. The van der Waals surface area contributed by atoms with Gasteiger partial charge in [-0.05, 0) is 43.4 Å². The third kappa shape index (κ3) is 2.79. The summed E-state index contributed by atoms with van der Waals surface area (Å²) >= 11 is 0. The van der Waals surface area contributed by atoms with Crippen molar-refractivity contribution in [3.05, 3.63) is 47.5 Å². The molecule has 1 aliphatic rings. The fraction of sp³-hybridized carbons (Fsp3) is 0.400. The van der Waals surface area contributed by atoms with Crippen molar-refractivity contribution in [2.75, 3.05) is 0 Å². The van der Waals surface area contributed by atoms with Crippen molar-refractivity contribution in [2.24, 2.45) is 7.05 Å². The van der Waals surface area contributed by atoms with Crippen LogP contribution in [0.25, 0.3) is 0 Å². The fourth-order valence-corrected chi connectivity index (χ4v) is 2.79. The van der Waals surface area contributed by atoms with E-state index in [4.69, 9.17) is 0 Å². The predicted molar refractivity (Wildman–Crippen MR) is 75.2 cm³/mol. The van der Waals surface area contributed by atoms with Crippen molar-refractivity contribution in [1.82, 2.24) is 20.3 Å². The maximum Gasteiger partial charge on any atom is 0.271 e. The van der Waals surface area contributed by atoms with Gasteiger partial charge < -0.3 is 5.32 Å². The summed E-state index contributed by atoms with van der Waals surface area (Å²) in [6.45, 7) is 0. The third-order valence-electron chi connectivity index (χ3n) is 4.07. The lowest BCUT2D eigenvalue weighted by molar-refractivity contribution is 0.0817. The van der Waals surface area contributed by atoms with Crippen molar-refractivity contribution < 1.29 is 9.18 Å². The van der Waals surface area contributed by atoms with E-state index in [0.29, 0.717) is 12.1 Å². The van der Waals surface area contributed by atoms with Crippen LogP contribution in [0.1, 0.15) is 35.3 Å². The van der Waals surface area contributed by atoms with E-state index in [2.05, 4.69) is 15.6 Å². The maximum atomic E-state index is 13.3. The van der Waals surface area contributed by atoms with Gasteiger partial charge in [-0.2, -0.15) is 0 Å². The average Bonchev–Trinajstić information content (AvgIpc) is 2.82. The van der Waals surface area contributed by atoms with E-state index < -0.39 is 0 Å². The molecule has 0 spiro atoms. The third-order valence-corrected chi connectivity index (χ3v) is 4.07. The Morgan fingerprint density at radius 1 is 1.48 bits per heavy atom. The standard InChI is InChI=1S/C15H17FN4O/c1-20-13(10-17-19-20)14(21)18-15(6-3-7-15)9-11-4-2-5-12(16)8-11/h2,4-5,8,10H,3,6-7,9H2,1H3,(H,18,21). The Bertz CT molecular complexity index is 663. The van der Waals surface area contributed by atoms with Crippen LogP contribution in [-0.2, 0) is 13.5 Å². The molecular formula is C15H17FN4O. The first-order chi connectivity index (χ1) is 10.1. The molecule has 0 radical (unpaired) electrons. The van der Waals surface area contributed by atoms with Crippen LogP contribution in [0.15, 0.2) is 30.5 Å². The topological polar surface area (TPSA) is 59.8 Å². The molecule has 5 nitrogen and oxygen atoms in total. The summed E-state index contributed by atoms with van der Waals surface area (Å²) in [5, 5.41) is 10.6. The van der Waals surface area contributed by atoms with Gasteiger partial charge in [0.25, 0.3) is 5.91 Å². The van der Waals surface area contributed by atoms with Crippen LogP contribution >= 0.6 is 0 Å². The van der Waals surface area contributed by atoms with Gasteiger partial charge in [0.1, 0.15) is 11.5 Å². The van der Waals surface area contributed by atoms with Gasteiger partial charge in [0.05, 0.1) is 6.20 Å². The number of carbonyl (C=O) groups excluding carboxylic acids is 1. The minimum Gasteiger partial charge on any atom is -0.345 e. The lowest BCUT2D eigenvalue weighted by atomic mass is 9.72. The number of aryl methyl sites for hydroxylation is 1. The number of benzene rings is 1. The summed E-state index contributed by atoms with van der Waals surface area (Å²) in [5.41, 5.74) is 1.05. The number of nitrogens with zero attached hydrogens (tertiary/aromatic N) is 3. The lowest BCUT2D eigenvalue weighted by Gasteiger charge is -2.42. The second-order valence-corrected chi connectivity index (χ2v) is 5.64. The quantitative estimate of drug-likeness (QED) is 0.934. The number of nitrogens with one attached hydrogen (secondary N) is 1. The summed E-state index contributed by atoms with van der Waals surface area (Å²) in [4.78, 5) is 12.3. The second-order valence-electron chi connectivity index (χ2n) is 5.64. The Labute approximate surface area is 122 Å². The first-order valence-corrected chi connectivity index (χ1v) is 7.00. The van der Waals surface area contributed by atoms with Crippen LogP contribution in [-0.4, -0.2) is 26.4 Å². The van der Waals surface area contributed by atoms with Crippen molar-refractivity contribution in [3.8, 4) is 0 Å². The zero-order chi connectivity index (χ0) is 14.9. The molecular weight excluding hydrogens is 271 g/mol. The van der Waals surface area contributed by atoms with Crippen LogP contribution in [0.4, 0.5) is 4.39 Å². The Kier molecular flexibility index (Phi) is 3.45. The van der Waals surface area contributed by atoms with Crippen LogP contribution in [0.2, 0.25) is 0 Å². The highest BCUT2D eigenvalue weighted by atomic mass is 19.1. The van der Waals surface area contributed by atoms with Crippen LogP contribution < -0.4 is 5.32 Å². The SMILES string of the molecule is Cn1nncc1C(=O)NC1(Cc2cccc(F)c2)CCC1. The van der Waals surface area contributed by atoms with Gasteiger partial charge in [-0.25, -0.2) is 9.07 Å². The maximum absolute atomic E-state index is 13.3. The van der Waals surface area contributed by atoms with Gasteiger partial charge >= 0.3 is 0 Å². The van der Waals surface area contributed by atoms with Crippen LogP contribution in [0, 0.1) is 5.82 Å². The number of hydrogen-bond donors (Lipinski definition) is 1. The first kappa shape index (κ1) is 13.7. The van der Waals surface area contributed by atoms with Gasteiger partial charge in [0, 0.05) is 12.6 Å². The largest absolute Gasteiger partial charge is 0.345 e. The van der Waals surface area contributed by atoms with E-state index in [9.17, 15) is 9.18 Å². The minimum atomic E-state index is -0.283. The summed E-state index contributed by atoms with van der Waals surface area (Å²) in [5.74, 6) is -0.428. The molecule has 1 aromatic heterocycles. The van der Waals surface area contributed by atoms with E-state index in [1.807, 2.05) is 6.07 Å². The highest BCUT2D eigenvalue weighted by molar-refractivity contribution is 5.92. The Morgan fingerprint density at radius 2 is 2.29 bits per heavy atom. The van der Waals surface area contributed by atoms with Gasteiger partial charge in [0.15, 0.2) is 0 Å². The molecule has 0 bridgehead atoms. The summed E-state index contributed by atoms with van der Waals surface area (Å²) in [7, 11) is 1.68. The molecule has 21 heavy (non-hydrogen) atoms. The average molecular weight is 288 g/mol. The van der Waals surface area contributed by atoms with Crippen molar-refractivity contribution in [2.45, 2.75) is 31.2 Å². The van der Waals surface area contributed by atoms with E-state index >= 15 is 0 Å². The van der Waals surface area contributed by atoms with Gasteiger partial charge in [-0.15, -0.1) is 5.10 Å². The number of halogens is 1. The number of rotatable bonds is 4. The molecule has 0 unspecified atom stereocenters. The molecule has 1 heterocycles. The van der Waals surface area contributed by atoms with Crippen molar-refractivity contribution in [3.63, 3.8) is 0 Å². The van der Waals surface area contributed by atoms with E-state index in [1.54, 1.807) is 13.1 Å². The molecule has 0 aliphatic heterocycles. The van der Waals surface area contributed by atoms with Crippen LogP contribution in [0.5, 0.6) is 0 Å². The number of carbonyl (C=O) groups is 1. The number of amides is 1. The minimum absolute atomic E-state index is 0.182. The Hall–Kier alpha value is -2.24. The molecule has 3 rings (SSSR count). The zero-order valence-corrected chi connectivity index (χ0v) is 11.8. The Balaban J connectivity index is 1.75. The molecule has 1 fully saturated rings. The summed E-state index contributed by atoms with van der Waals surface area (Å²) in [6.07, 6.45) is 4.96.